The van der Waals surface area contributed by atoms with Crippen LogP contribution in [-0.2, 0) is 33.4 Å². The maximum atomic E-state index is 11.8. The van der Waals surface area contributed by atoms with Crippen molar-refractivity contribution >= 4 is 23.9 Å². The van der Waals surface area contributed by atoms with Crippen LogP contribution >= 0.6 is 0 Å². The van der Waals surface area contributed by atoms with Crippen LogP contribution in [0, 0.1) is 65.1 Å². The van der Waals surface area contributed by atoms with Gasteiger partial charge in [0.25, 0.3) is 0 Å². The highest BCUT2D eigenvalue weighted by Crippen LogP contribution is 2.59. The first-order chi connectivity index (χ1) is 24.6. The Morgan fingerprint density at radius 1 is 0.846 bits per heavy atom. The van der Waals surface area contributed by atoms with E-state index < -0.39 is 18.2 Å². The van der Waals surface area contributed by atoms with Crippen LogP contribution in [0.3, 0.4) is 0 Å². The number of hydrogen-bond donors (Lipinski definition) is 3. The summed E-state index contributed by atoms with van der Waals surface area (Å²) in [6, 6.07) is 0. The van der Waals surface area contributed by atoms with Gasteiger partial charge in [0.2, 0.25) is 0 Å². The summed E-state index contributed by atoms with van der Waals surface area (Å²) < 4.78 is 16.3. The van der Waals surface area contributed by atoms with E-state index in [0.717, 1.165) is 73.7 Å². The summed E-state index contributed by atoms with van der Waals surface area (Å²) in [7, 11) is 0. The predicted octanol–water partition coefficient (Wildman–Crippen LogP) is 6.54. The van der Waals surface area contributed by atoms with Gasteiger partial charge in [0, 0.05) is 17.6 Å². The van der Waals surface area contributed by atoms with E-state index in [1.807, 2.05) is 6.92 Å². The van der Waals surface area contributed by atoms with Crippen LogP contribution in [0.2, 0.25) is 0 Å². The second kappa shape index (κ2) is 15.8. The van der Waals surface area contributed by atoms with Crippen LogP contribution in [0.15, 0.2) is 37.0 Å². The Balaban J connectivity index is 0.000000130. The van der Waals surface area contributed by atoms with Crippen LogP contribution in [0.1, 0.15) is 110 Å². The largest absolute Gasteiger partial charge is 0.478 e. The number of carbonyl (C=O) groups excluding carboxylic acids is 3. The first-order valence-electron chi connectivity index (χ1n) is 19.8. The van der Waals surface area contributed by atoms with Crippen LogP contribution in [0.25, 0.3) is 0 Å². The Morgan fingerprint density at radius 3 is 1.79 bits per heavy atom. The first kappa shape index (κ1) is 38.7. The molecule has 1 saturated heterocycles. The minimum Gasteiger partial charge on any atom is -0.478 e. The molecular weight excluding hydrogens is 664 g/mol. The third-order valence-electron chi connectivity index (χ3n) is 14.1. The Labute approximate surface area is 308 Å². The third-order valence-corrected chi connectivity index (χ3v) is 14.1. The lowest BCUT2D eigenvalue weighted by Crippen LogP contribution is -2.53. The van der Waals surface area contributed by atoms with Crippen LogP contribution in [0.4, 0.5) is 0 Å². The number of rotatable bonds is 8. The quantitative estimate of drug-likeness (QED) is 0.109. The van der Waals surface area contributed by atoms with Crippen LogP contribution < -0.4 is 0 Å². The van der Waals surface area contributed by atoms with Crippen molar-refractivity contribution in [3.63, 3.8) is 0 Å². The number of aliphatic hydroxyl groups is 2. The lowest BCUT2D eigenvalue weighted by Gasteiger charge is -2.55. The molecule has 11 fully saturated rings. The van der Waals surface area contributed by atoms with Crippen molar-refractivity contribution in [1.29, 1.82) is 0 Å². The van der Waals surface area contributed by atoms with E-state index in [9.17, 15) is 19.2 Å². The Bertz CT molecular complexity index is 1350. The average Bonchev–Trinajstić information content (AvgIpc) is 3.73. The molecule has 0 aromatic heterocycles. The second-order valence-electron chi connectivity index (χ2n) is 18.0. The molecule has 1 heterocycles. The van der Waals surface area contributed by atoms with E-state index in [1.165, 1.54) is 64.2 Å². The van der Waals surface area contributed by atoms with Gasteiger partial charge in [-0.1, -0.05) is 19.7 Å². The van der Waals surface area contributed by atoms with Crippen molar-refractivity contribution in [2.75, 3.05) is 0 Å². The molecule has 10 nitrogen and oxygen atoms in total. The van der Waals surface area contributed by atoms with Gasteiger partial charge in [0.15, 0.2) is 6.29 Å². The summed E-state index contributed by atoms with van der Waals surface area (Å²) in [5, 5.41) is 25.5. The maximum Gasteiger partial charge on any atom is 0.339 e. The maximum absolute atomic E-state index is 11.8. The number of carboxylic acid groups (broad SMARTS) is 1. The van der Waals surface area contributed by atoms with E-state index in [1.54, 1.807) is 6.92 Å². The number of aliphatic hydroxyl groups excluding tert-OH is 1. The zero-order valence-electron chi connectivity index (χ0n) is 31.1. The lowest BCUT2D eigenvalue weighted by atomic mass is 9.51. The van der Waals surface area contributed by atoms with Gasteiger partial charge in [-0.15, -0.1) is 0 Å². The summed E-state index contributed by atoms with van der Waals surface area (Å²) in [5.74, 6) is 6.67. The number of hydrogen-bond acceptors (Lipinski definition) is 9. The average molecular weight is 725 g/mol. The molecule has 10 aliphatic carbocycles. The molecular formula is C42H60O10. The fourth-order valence-corrected chi connectivity index (χ4v) is 12.6. The molecule has 10 saturated carbocycles. The fourth-order valence-electron chi connectivity index (χ4n) is 12.6. The molecule has 12 bridgehead atoms. The molecule has 0 radical (unpaired) electrons. The number of carbonyl (C=O) groups is 4. The highest BCUT2D eigenvalue weighted by atomic mass is 16.6. The number of aliphatic carboxylic acids is 1. The van der Waals surface area contributed by atoms with Crippen LogP contribution in [-0.4, -0.2) is 63.3 Å². The zero-order valence-corrected chi connectivity index (χ0v) is 31.1. The second-order valence-corrected chi connectivity index (χ2v) is 18.0. The molecule has 52 heavy (non-hydrogen) atoms. The van der Waals surface area contributed by atoms with E-state index in [4.69, 9.17) is 29.5 Å². The smallest absolute Gasteiger partial charge is 0.339 e. The Hall–Kier alpha value is -2.98. The van der Waals surface area contributed by atoms with Crippen molar-refractivity contribution in [3.8, 4) is 0 Å². The van der Waals surface area contributed by atoms with Gasteiger partial charge in [-0.3, -0.25) is 4.79 Å². The molecule has 11 aliphatic rings. The fraction of sp³-hybridized carbons (Fsp3) is 0.762. The third kappa shape index (κ3) is 8.53. The van der Waals surface area contributed by atoms with Gasteiger partial charge in [-0.25, -0.2) is 14.4 Å². The van der Waals surface area contributed by atoms with Gasteiger partial charge < -0.3 is 29.5 Å². The van der Waals surface area contributed by atoms with Crippen molar-refractivity contribution in [2.24, 2.45) is 65.1 Å². The van der Waals surface area contributed by atoms with Gasteiger partial charge in [-0.2, -0.15) is 0 Å². The van der Waals surface area contributed by atoms with E-state index in [-0.39, 0.29) is 29.2 Å². The van der Waals surface area contributed by atoms with E-state index >= 15 is 0 Å². The molecule has 3 N–H and O–H groups in total. The van der Waals surface area contributed by atoms with Crippen molar-refractivity contribution < 1.29 is 48.7 Å². The molecule has 5 atom stereocenters. The SMILES string of the molecule is C=C(C(=O)OC12CC3CC(CC(C3)C1)C2)C(O)O.C=C(C)C(=O)OC(C)CC1C2CC3CC(C2)CC1C3.C=CC(=O)O.O=C1OC2C3CCC2C1C3. The van der Waals surface area contributed by atoms with Gasteiger partial charge in [-0.05, 0) is 163 Å². The van der Waals surface area contributed by atoms with Gasteiger partial charge in [0.1, 0.15) is 11.7 Å². The number of esters is 3. The number of ether oxygens (including phenoxy) is 3. The van der Waals surface area contributed by atoms with Gasteiger partial charge in [0.05, 0.1) is 17.6 Å². The summed E-state index contributed by atoms with van der Waals surface area (Å²) in [6.07, 6.45) is 18.1. The molecule has 0 amide bonds. The molecule has 0 aromatic rings. The highest BCUT2D eigenvalue weighted by molar-refractivity contribution is 5.88. The van der Waals surface area contributed by atoms with E-state index in [2.05, 4.69) is 19.7 Å². The monoisotopic (exact) mass is 724 g/mol. The minimum absolute atomic E-state index is 0.0479. The summed E-state index contributed by atoms with van der Waals surface area (Å²) in [6.45, 7) is 13.8. The van der Waals surface area contributed by atoms with Crippen molar-refractivity contribution in [1.82, 2.24) is 0 Å². The molecule has 10 heteroatoms. The zero-order chi connectivity index (χ0) is 37.5. The van der Waals surface area contributed by atoms with Crippen LogP contribution in [0.5, 0.6) is 0 Å². The molecule has 288 valence electrons. The standard InChI is InChI=1S/C17H26O2.C14H20O4.C8H10O2.C3H4O2/c1-10(2)17(18)19-11(3)4-16-14-6-12-5-13(8-14)9-15(16)7-12;1-8(12(15)16)13(17)18-14-5-9-2-10(6-14)4-11(3-9)7-14;9-8-6-3-4-1-2-5(6)7(4)10-8;1-2-3(4)5/h11-16H,1,4-9H2,2-3H3;9-12,15-16H,1-7H2;4-7H,1-3H2;2H,1H2,(H,4,5). The van der Waals surface area contributed by atoms with E-state index in [0.29, 0.717) is 41.3 Å². The Kier molecular flexibility index (Phi) is 11.8. The summed E-state index contributed by atoms with van der Waals surface area (Å²) in [4.78, 5) is 43.7. The lowest BCUT2D eigenvalue weighted by molar-refractivity contribution is -0.185. The summed E-state index contributed by atoms with van der Waals surface area (Å²) in [5.41, 5.74) is -0.0911. The topological polar surface area (TPSA) is 157 Å². The summed E-state index contributed by atoms with van der Waals surface area (Å²) >= 11 is 0. The molecule has 5 unspecified atom stereocenters. The van der Waals surface area contributed by atoms with Gasteiger partial charge >= 0.3 is 23.9 Å². The minimum atomic E-state index is -1.81. The van der Waals surface area contributed by atoms with Crippen molar-refractivity contribution in [3.05, 3.63) is 37.0 Å². The van der Waals surface area contributed by atoms with Crippen molar-refractivity contribution in [2.45, 2.75) is 134 Å². The highest BCUT2D eigenvalue weighted by Gasteiger charge is 2.58. The molecule has 0 aromatic carbocycles. The predicted molar refractivity (Wildman–Crippen MR) is 192 cm³/mol. The number of carboxylic acids is 1. The molecule has 1 aliphatic heterocycles. The molecule has 11 rings (SSSR count). The normalized spacial score (nSPS) is 40.6. The first-order valence-corrected chi connectivity index (χ1v) is 19.8. The Morgan fingerprint density at radius 2 is 1.37 bits per heavy atom. The molecule has 0 spiro atoms.